The molecule has 23 heavy (non-hydrogen) atoms. The van der Waals surface area contributed by atoms with Crippen LogP contribution in [0.3, 0.4) is 0 Å². The quantitative estimate of drug-likeness (QED) is 0.656. The summed E-state index contributed by atoms with van der Waals surface area (Å²) in [5.74, 6) is -0.0303. The molecular weight excluding hydrogens is 292 g/mol. The van der Waals surface area contributed by atoms with Crippen molar-refractivity contribution in [2.75, 3.05) is 7.11 Å². The van der Waals surface area contributed by atoms with Crippen molar-refractivity contribution in [1.29, 1.82) is 0 Å². The molecule has 2 N–H and O–H groups in total. The molecule has 0 radical (unpaired) electrons. The average molecular weight is 310 g/mol. The largest absolute Gasteiger partial charge is 0.496 e. The molecule has 2 aromatic carbocycles. The third-order valence-electron chi connectivity index (χ3n) is 3.09. The lowest BCUT2D eigenvalue weighted by molar-refractivity contribution is -0.126. The van der Waals surface area contributed by atoms with Crippen LogP contribution >= 0.6 is 0 Å². The van der Waals surface area contributed by atoms with Crippen LogP contribution in [0.15, 0.2) is 60.7 Å². The second kappa shape index (κ2) is 8.38. The van der Waals surface area contributed by atoms with Crippen molar-refractivity contribution in [3.63, 3.8) is 0 Å². The minimum atomic E-state index is -0.419. The van der Waals surface area contributed by atoms with Gasteiger partial charge in [0.05, 0.1) is 13.5 Å². The molecule has 0 heterocycles. The van der Waals surface area contributed by atoms with Gasteiger partial charge in [-0.3, -0.25) is 20.4 Å². The van der Waals surface area contributed by atoms with Gasteiger partial charge in [-0.25, -0.2) is 0 Å². The Hall–Kier alpha value is -3.08. The predicted octanol–water partition coefficient (Wildman–Crippen LogP) is 2.10. The molecule has 0 saturated carbocycles. The standard InChI is InChI=1S/C18H18N2O3/c1-23-16-10-6-5-9-15(16)11-12-17(21)19-20-18(22)13-14-7-3-2-4-8-14/h2-12H,13H2,1H3,(H,19,21)(H,20,22). The molecule has 118 valence electrons. The number of hydrazine groups is 1. The van der Waals surface area contributed by atoms with E-state index in [1.807, 2.05) is 48.5 Å². The van der Waals surface area contributed by atoms with Gasteiger partial charge in [0, 0.05) is 11.6 Å². The summed E-state index contributed by atoms with van der Waals surface area (Å²) < 4.78 is 5.19. The zero-order valence-electron chi connectivity index (χ0n) is 12.8. The molecule has 2 amide bonds. The SMILES string of the molecule is COc1ccccc1C=CC(=O)NNC(=O)Cc1ccccc1. The summed E-state index contributed by atoms with van der Waals surface area (Å²) in [6, 6.07) is 16.6. The number of nitrogens with one attached hydrogen (secondary N) is 2. The Bertz CT molecular complexity index is 696. The molecule has 0 aliphatic heterocycles. The van der Waals surface area contributed by atoms with Gasteiger partial charge in [0.1, 0.15) is 5.75 Å². The van der Waals surface area contributed by atoms with Gasteiger partial charge in [0.25, 0.3) is 5.91 Å². The van der Waals surface area contributed by atoms with Crippen LogP contribution < -0.4 is 15.6 Å². The fourth-order valence-corrected chi connectivity index (χ4v) is 1.97. The molecule has 0 spiro atoms. The van der Waals surface area contributed by atoms with Gasteiger partial charge in [-0.1, -0.05) is 48.5 Å². The van der Waals surface area contributed by atoms with E-state index in [1.54, 1.807) is 19.3 Å². The fraction of sp³-hybridized carbons (Fsp3) is 0.111. The summed E-state index contributed by atoms with van der Waals surface area (Å²) in [5.41, 5.74) is 6.38. The van der Waals surface area contributed by atoms with Crippen molar-refractivity contribution >= 4 is 17.9 Å². The van der Waals surface area contributed by atoms with Crippen LogP contribution in [0.1, 0.15) is 11.1 Å². The molecule has 0 fully saturated rings. The van der Waals surface area contributed by atoms with Crippen molar-refractivity contribution in [2.24, 2.45) is 0 Å². The molecule has 0 aromatic heterocycles. The number of hydrogen-bond donors (Lipinski definition) is 2. The highest BCUT2D eigenvalue weighted by atomic mass is 16.5. The zero-order chi connectivity index (χ0) is 16.5. The van der Waals surface area contributed by atoms with Crippen LogP contribution in [0.4, 0.5) is 0 Å². The smallest absolute Gasteiger partial charge is 0.262 e. The number of carbonyl (C=O) groups is 2. The highest BCUT2D eigenvalue weighted by Gasteiger charge is 2.04. The van der Waals surface area contributed by atoms with Gasteiger partial charge < -0.3 is 4.74 Å². The van der Waals surface area contributed by atoms with E-state index >= 15 is 0 Å². The van der Waals surface area contributed by atoms with E-state index in [0.717, 1.165) is 11.1 Å². The monoisotopic (exact) mass is 310 g/mol. The van der Waals surface area contributed by atoms with Gasteiger partial charge in [-0.05, 0) is 17.7 Å². The van der Waals surface area contributed by atoms with Crippen LogP contribution in [0, 0.1) is 0 Å². The summed E-state index contributed by atoms with van der Waals surface area (Å²) in [7, 11) is 1.57. The lowest BCUT2D eigenvalue weighted by Crippen LogP contribution is -2.41. The van der Waals surface area contributed by atoms with Gasteiger partial charge in [-0.15, -0.1) is 0 Å². The van der Waals surface area contributed by atoms with E-state index in [9.17, 15) is 9.59 Å². The first-order chi connectivity index (χ1) is 11.2. The average Bonchev–Trinajstić information content (AvgIpc) is 2.59. The van der Waals surface area contributed by atoms with Gasteiger partial charge in [0.2, 0.25) is 5.91 Å². The van der Waals surface area contributed by atoms with Crippen molar-refractivity contribution in [2.45, 2.75) is 6.42 Å². The molecule has 0 bridgehead atoms. The van der Waals surface area contributed by atoms with Crippen LogP contribution in [-0.2, 0) is 16.0 Å². The van der Waals surface area contributed by atoms with E-state index in [2.05, 4.69) is 10.9 Å². The lowest BCUT2D eigenvalue weighted by atomic mass is 10.1. The molecule has 0 aliphatic carbocycles. The zero-order valence-corrected chi connectivity index (χ0v) is 12.8. The van der Waals surface area contributed by atoms with E-state index in [1.165, 1.54) is 6.08 Å². The van der Waals surface area contributed by atoms with E-state index < -0.39 is 5.91 Å². The number of carbonyl (C=O) groups excluding carboxylic acids is 2. The van der Waals surface area contributed by atoms with Crippen molar-refractivity contribution in [3.05, 3.63) is 71.8 Å². The highest BCUT2D eigenvalue weighted by Crippen LogP contribution is 2.18. The molecule has 5 nitrogen and oxygen atoms in total. The normalized spacial score (nSPS) is 10.3. The first-order valence-corrected chi connectivity index (χ1v) is 7.13. The molecule has 0 saturated heterocycles. The molecule has 2 aromatic rings. The maximum Gasteiger partial charge on any atom is 0.262 e. The van der Waals surface area contributed by atoms with E-state index in [0.29, 0.717) is 5.75 Å². The van der Waals surface area contributed by atoms with Crippen molar-refractivity contribution in [3.8, 4) is 5.75 Å². The fourth-order valence-electron chi connectivity index (χ4n) is 1.97. The van der Waals surface area contributed by atoms with Crippen molar-refractivity contribution < 1.29 is 14.3 Å². The molecule has 0 unspecified atom stereocenters. The molecule has 0 atom stereocenters. The highest BCUT2D eigenvalue weighted by molar-refractivity contribution is 5.93. The summed E-state index contributed by atoms with van der Waals surface area (Å²) in [4.78, 5) is 23.4. The van der Waals surface area contributed by atoms with E-state index in [4.69, 9.17) is 4.74 Å². The minimum absolute atomic E-state index is 0.206. The first kappa shape index (κ1) is 16.3. The Labute approximate surface area is 134 Å². The summed E-state index contributed by atoms with van der Waals surface area (Å²) in [6.07, 6.45) is 3.16. The first-order valence-electron chi connectivity index (χ1n) is 7.13. The number of benzene rings is 2. The second-order valence-electron chi connectivity index (χ2n) is 4.78. The lowest BCUT2D eigenvalue weighted by Gasteiger charge is -2.06. The van der Waals surface area contributed by atoms with Crippen molar-refractivity contribution in [1.82, 2.24) is 10.9 Å². The molecule has 2 rings (SSSR count). The van der Waals surface area contributed by atoms with Crippen LogP contribution in [0.5, 0.6) is 5.75 Å². The van der Waals surface area contributed by atoms with Gasteiger partial charge >= 0.3 is 0 Å². The summed E-state index contributed by atoms with van der Waals surface area (Å²) in [6.45, 7) is 0. The van der Waals surface area contributed by atoms with Gasteiger partial charge in [0.15, 0.2) is 0 Å². The molecular formula is C18H18N2O3. The Morgan fingerprint density at radius 2 is 1.70 bits per heavy atom. The number of para-hydroxylation sites is 1. The van der Waals surface area contributed by atoms with Crippen LogP contribution in [-0.4, -0.2) is 18.9 Å². The number of ether oxygens (including phenoxy) is 1. The Morgan fingerprint density at radius 3 is 2.43 bits per heavy atom. The summed E-state index contributed by atoms with van der Waals surface area (Å²) >= 11 is 0. The van der Waals surface area contributed by atoms with Crippen LogP contribution in [0.2, 0.25) is 0 Å². The maximum absolute atomic E-state index is 11.7. The number of amides is 2. The maximum atomic E-state index is 11.7. The van der Waals surface area contributed by atoms with Crippen LogP contribution in [0.25, 0.3) is 6.08 Å². The Balaban J connectivity index is 1.83. The third-order valence-corrected chi connectivity index (χ3v) is 3.09. The Morgan fingerprint density at radius 1 is 1.00 bits per heavy atom. The number of rotatable bonds is 5. The minimum Gasteiger partial charge on any atom is -0.496 e. The predicted molar refractivity (Wildman–Crippen MR) is 88.5 cm³/mol. The van der Waals surface area contributed by atoms with Gasteiger partial charge in [-0.2, -0.15) is 0 Å². The summed E-state index contributed by atoms with van der Waals surface area (Å²) in [5, 5.41) is 0. The molecule has 5 heteroatoms. The number of methoxy groups -OCH3 is 1. The second-order valence-corrected chi connectivity index (χ2v) is 4.78. The topological polar surface area (TPSA) is 67.4 Å². The number of hydrogen-bond acceptors (Lipinski definition) is 3. The molecule has 0 aliphatic rings. The van der Waals surface area contributed by atoms with E-state index in [-0.39, 0.29) is 12.3 Å². The third kappa shape index (κ3) is 5.32. The Kier molecular flexibility index (Phi) is 5.94.